The molecule has 2 aromatic carbocycles. The van der Waals surface area contributed by atoms with E-state index in [9.17, 15) is 8.42 Å². The summed E-state index contributed by atoms with van der Waals surface area (Å²) >= 11 is 13.7. The number of sulfone groups is 1. The molecule has 0 amide bonds. The van der Waals surface area contributed by atoms with Gasteiger partial charge in [0.1, 0.15) is 0 Å². The number of thiazole rings is 1. The van der Waals surface area contributed by atoms with Crippen LogP contribution in [0.5, 0.6) is 0 Å². The number of rotatable bonds is 5. The summed E-state index contributed by atoms with van der Waals surface area (Å²) in [7, 11) is -3.47. The number of piperidine rings is 1. The quantitative estimate of drug-likeness (QED) is 0.429. The fraction of sp³-hybridized carbons (Fsp3) is 0.348. The van der Waals surface area contributed by atoms with Gasteiger partial charge in [0.2, 0.25) is 0 Å². The minimum absolute atomic E-state index is 0.202. The Hall–Kier alpha value is -1.60. The van der Waals surface area contributed by atoms with Crippen molar-refractivity contribution < 1.29 is 8.42 Å². The molecular weight excluding hydrogens is 471 g/mol. The van der Waals surface area contributed by atoms with Crippen molar-refractivity contribution in [3.8, 4) is 0 Å². The molecule has 0 bridgehead atoms. The van der Waals surface area contributed by atoms with E-state index in [0.717, 1.165) is 17.2 Å². The normalized spacial score (nSPS) is 15.4. The topological polar surface area (TPSA) is 50.3 Å². The maximum atomic E-state index is 13.1. The molecule has 1 saturated heterocycles. The molecule has 0 atom stereocenters. The van der Waals surface area contributed by atoms with Crippen LogP contribution in [0.25, 0.3) is 0 Å². The van der Waals surface area contributed by atoms with Crippen molar-refractivity contribution in [3.63, 3.8) is 0 Å². The van der Waals surface area contributed by atoms with Crippen LogP contribution >= 0.6 is 34.5 Å². The van der Waals surface area contributed by atoms with E-state index in [1.54, 1.807) is 17.4 Å². The summed E-state index contributed by atoms with van der Waals surface area (Å²) in [5.41, 5.74) is 4.94. The van der Waals surface area contributed by atoms with E-state index >= 15 is 0 Å². The third-order valence-corrected chi connectivity index (χ3v) is 9.49. The van der Waals surface area contributed by atoms with Crippen LogP contribution in [0.1, 0.15) is 35.2 Å². The van der Waals surface area contributed by atoms with Gasteiger partial charge in [0, 0.05) is 34.9 Å². The molecule has 3 aromatic rings. The van der Waals surface area contributed by atoms with Crippen LogP contribution in [0.3, 0.4) is 0 Å². The van der Waals surface area contributed by atoms with Gasteiger partial charge in [-0.15, -0.1) is 11.3 Å². The second kappa shape index (κ2) is 9.10. The Morgan fingerprint density at radius 2 is 1.68 bits per heavy atom. The van der Waals surface area contributed by atoms with Crippen molar-refractivity contribution in [3.05, 3.63) is 74.2 Å². The Morgan fingerprint density at radius 1 is 1.06 bits per heavy atom. The zero-order valence-corrected chi connectivity index (χ0v) is 20.6. The highest BCUT2D eigenvalue weighted by atomic mass is 35.5. The molecule has 4 rings (SSSR count). The van der Waals surface area contributed by atoms with Crippen molar-refractivity contribution >= 4 is 49.5 Å². The molecule has 164 valence electrons. The van der Waals surface area contributed by atoms with Gasteiger partial charge in [-0.05, 0) is 61.6 Å². The van der Waals surface area contributed by atoms with Crippen molar-refractivity contribution in [2.75, 3.05) is 18.0 Å². The highest BCUT2D eigenvalue weighted by molar-refractivity contribution is 7.92. The summed E-state index contributed by atoms with van der Waals surface area (Å²) in [6.45, 7) is 5.59. The van der Waals surface area contributed by atoms with E-state index in [1.165, 1.54) is 28.8 Å². The summed E-state index contributed by atoms with van der Waals surface area (Å²) in [4.78, 5) is 7.23. The molecule has 0 N–H and O–H groups in total. The maximum Gasteiger partial charge on any atom is 0.185 e. The largest absolute Gasteiger partial charge is 0.348 e. The van der Waals surface area contributed by atoms with Crippen LogP contribution in [0.2, 0.25) is 10.0 Å². The van der Waals surface area contributed by atoms with Gasteiger partial charge in [0.05, 0.1) is 15.8 Å². The third kappa shape index (κ3) is 4.92. The minimum atomic E-state index is -3.47. The molecule has 0 unspecified atom stereocenters. The predicted octanol–water partition coefficient (Wildman–Crippen LogP) is 6.10. The van der Waals surface area contributed by atoms with Gasteiger partial charge in [-0.2, -0.15) is 0 Å². The molecule has 0 aliphatic carbocycles. The van der Waals surface area contributed by atoms with Crippen LogP contribution < -0.4 is 4.90 Å². The third-order valence-electron chi connectivity index (χ3n) is 5.86. The molecule has 1 aromatic heterocycles. The lowest BCUT2D eigenvalue weighted by atomic mass is 9.99. The Bertz CT molecular complexity index is 1160. The molecule has 0 saturated carbocycles. The number of nitrogens with zero attached hydrogens (tertiary/aromatic N) is 2. The second-order valence-electron chi connectivity index (χ2n) is 8.01. The number of aromatic nitrogens is 1. The first-order valence-electron chi connectivity index (χ1n) is 10.2. The van der Waals surface area contributed by atoms with Gasteiger partial charge in [-0.1, -0.05) is 41.4 Å². The highest BCUT2D eigenvalue weighted by Gasteiger charge is 2.32. The van der Waals surface area contributed by atoms with Gasteiger partial charge in [-0.3, -0.25) is 0 Å². The van der Waals surface area contributed by atoms with Crippen molar-refractivity contribution in [1.29, 1.82) is 0 Å². The molecule has 4 nitrogen and oxygen atoms in total. The highest BCUT2D eigenvalue weighted by Crippen LogP contribution is 2.32. The summed E-state index contributed by atoms with van der Waals surface area (Å²) in [6, 6.07) is 10.9. The Balaban J connectivity index is 1.43. The predicted molar refractivity (Wildman–Crippen MR) is 130 cm³/mol. The van der Waals surface area contributed by atoms with Crippen LogP contribution in [-0.2, 0) is 16.3 Å². The molecular formula is C23H24Cl2N2O2S2. The first-order valence-corrected chi connectivity index (χ1v) is 13.4. The van der Waals surface area contributed by atoms with Gasteiger partial charge in [-0.25, -0.2) is 13.4 Å². The van der Waals surface area contributed by atoms with E-state index in [1.807, 2.05) is 0 Å². The lowest BCUT2D eigenvalue weighted by Gasteiger charge is -2.31. The average molecular weight is 495 g/mol. The maximum absolute atomic E-state index is 13.1. The van der Waals surface area contributed by atoms with E-state index < -0.39 is 15.1 Å². The monoisotopic (exact) mass is 494 g/mol. The summed E-state index contributed by atoms with van der Waals surface area (Å²) in [5, 5.41) is 3.30. The standard InChI is InChI=1S/C23H24Cl2N2O2S2/c1-15-4-3-5-16(2)22(15)13-19-14-30-23(26-19)27-8-6-20(7-9-27)31(28,29)21-11-17(24)10-18(25)12-21/h3-5,10-12,14,20H,6-9,13H2,1-2H3. The van der Waals surface area contributed by atoms with Crippen LogP contribution in [0.15, 0.2) is 46.7 Å². The van der Waals surface area contributed by atoms with Crippen molar-refractivity contribution in [1.82, 2.24) is 4.98 Å². The molecule has 1 aliphatic rings. The first-order chi connectivity index (χ1) is 14.7. The SMILES string of the molecule is Cc1cccc(C)c1Cc1csc(N2CCC(S(=O)(=O)c3cc(Cl)cc(Cl)c3)CC2)n1. The summed E-state index contributed by atoms with van der Waals surface area (Å²) < 4.78 is 26.1. The van der Waals surface area contributed by atoms with E-state index in [-0.39, 0.29) is 4.90 Å². The number of aryl methyl sites for hydroxylation is 2. The summed E-state index contributed by atoms with van der Waals surface area (Å²) in [5.74, 6) is 0. The Kier molecular flexibility index (Phi) is 6.63. The van der Waals surface area contributed by atoms with E-state index in [4.69, 9.17) is 28.2 Å². The molecule has 0 radical (unpaired) electrons. The smallest absolute Gasteiger partial charge is 0.185 e. The van der Waals surface area contributed by atoms with E-state index in [2.05, 4.69) is 42.3 Å². The number of benzene rings is 2. The Morgan fingerprint density at radius 3 is 2.29 bits per heavy atom. The fourth-order valence-electron chi connectivity index (χ4n) is 4.07. The lowest BCUT2D eigenvalue weighted by molar-refractivity contribution is 0.529. The lowest BCUT2D eigenvalue weighted by Crippen LogP contribution is -2.39. The van der Waals surface area contributed by atoms with Crippen molar-refractivity contribution in [2.24, 2.45) is 0 Å². The van der Waals surface area contributed by atoms with E-state index in [0.29, 0.717) is 36.0 Å². The van der Waals surface area contributed by atoms with Crippen LogP contribution in [0, 0.1) is 13.8 Å². The molecule has 1 aliphatic heterocycles. The van der Waals surface area contributed by atoms with Gasteiger partial charge in [0.25, 0.3) is 0 Å². The second-order valence-corrected chi connectivity index (χ2v) is 11.9. The molecule has 31 heavy (non-hydrogen) atoms. The Labute approximate surface area is 197 Å². The first kappa shape index (κ1) is 22.6. The molecule has 2 heterocycles. The number of hydrogen-bond donors (Lipinski definition) is 0. The molecule has 0 spiro atoms. The molecule has 8 heteroatoms. The van der Waals surface area contributed by atoms with Crippen LogP contribution in [-0.4, -0.2) is 31.7 Å². The number of halogens is 2. The van der Waals surface area contributed by atoms with Gasteiger partial charge < -0.3 is 4.90 Å². The van der Waals surface area contributed by atoms with Crippen LogP contribution in [0.4, 0.5) is 5.13 Å². The van der Waals surface area contributed by atoms with Gasteiger partial charge in [0.15, 0.2) is 15.0 Å². The average Bonchev–Trinajstić information content (AvgIpc) is 3.19. The van der Waals surface area contributed by atoms with Gasteiger partial charge >= 0.3 is 0 Å². The van der Waals surface area contributed by atoms with Crippen molar-refractivity contribution in [2.45, 2.75) is 43.3 Å². The summed E-state index contributed by atoms with van der Waals surface area (Å²) in [6.07, 6.45) is 1.92. The number of anilines is 1. The number of hydrogen-bond acceptors (Lipinski definition) is 5. The zero-order valence-electron chi connectivity index (χ0n) is 17.4. The molecule has 1 fully saturated rings. The zero-order chi connectivity index (χ0) is 22.2. The fourth-order valence-corrected chi connectivity index (χ4v) is 7.41. The minimum Gasteiger partial charge on any atom is -0.348 e.